The Kier molecular flexibility index (Phi) is 6.44. The Morgan fingerprint density at radius 1 is 0.833 bits per heavy atom. The lowest BCUT2D eigenvalue weighted by molar-refractivity contribution is 0.566. The highest BCUT2D eigenvalue weighted by Gasteiger charge is 2.18. The predicted molar refractivity (Wildman–Crippen MR) is 129 cm³/mol. The molecule has 4 heteroatoms. The highest BCUT2D eigenvalue weighted by atomic mass is 32.1. The number of hydrogen-bond donors (Lipinski definition) is 2. The van der Waals surface area contributed by atoms with Crippen molar-refractivity contribution >= 4 is 12.6 Å². The van der Waals surface area contributed by atoms with Gasteiger partial charge >= 0.3 is 0 Å². The number of aryl methyl sites for hydroxylation is 2. The lowest BCUT2D eigenvalue weighted by atomic mass is 10.1. The number of unbranched alkanes of at least 4 members (excludes halogenated alkanes) is 1. The van der Waals surface area contributed by atoms with Gasteiger partial charge in [-0.2, -0.15) is 12.6 Å². The molecule has 1 unspecified atom stereocenters. The van der Waals surface area contributed by atoms with Gasteiger partial charge in [-0.25, -0.2) is 4.98 Å². The maximum absolute atomic E-state index is 4.98. The Morgan fingerprint density at radius 2 is 1.43 bits per heavy atom. The van der Waals surface area contributed by atoms with E-state index in [1.807, 2.05) is 12.1 Å². The Labute approximate surface area is 184 Å². The van der Waals surface area contributed by atoms with Crippen molar-refractivity contribution < 1.29 is 0 Å². The zero-order valence-corrected chi connectivity index (χ0v) is 18.6. The molecule has 0 spiro atoms. The summed E-state index contributed by atoms with van der Waals surface area (Å²) in [4.78, 5) is 8.55. The maximum Gasteiger partial charge on any atom is 0.120 e. The van der Waals surface area contributed by atoms with E-state index in [0.717, 1.165) is 54.1 Å². The van der Waals surface area contributed by atoms with Crippen LogP contribution in [0.5, 0.6) is 0 Å². The molecule has 0 aliphatic rings. The summed E-state index contributed by atoms with van der Waals surface area (Å²) in [7, 11) is 0. The highest BCUT2D eigenvalue weighted by Crippen LogP contribution is 2.34. The summed E-state index contributed by atoms with van der Waals surface area (Å²) in [5, 5.41) is 0.0942. The molecule has 3 nitrogen and oxygen atoms in total. The van der Waals surface area contributed by atoms with Crippen LogP contribution in [0.1, 0.15) is 41.7 Å². The molecule has 30 heavy (non-hydrogen) atoms. The van der Waals surface area contributed by atoms with E-state index < -0.39 is 0 Å². The van der Waals surface area contributed by atoms with Crippen LogP contribution in [0.4, 0.5) is 0 Å². The lowest BCUT2D eigenvalue weighted by Crippen LogP contribution is -2.03. The third-order valence-corrected chi connectivity index (χ3v) is 6.18. The van der Waals surface area contributed by atoms with Gasteiger partial charge in [0.05, 0.1) is 16.6 Å². The van der Waals surface area contributed by atoms with E-state index >= 15 is 0 Å². The van der Waals surface area contributed by atoms with Gasteiger partial charge in [0.1, 0.15) is 5.82 Å². The van der Waals surface area contributed by atoms with E-state index in [4.69, 9.17) is 17.6 Å². The van der Waals surface area contributed by atoms with Crippen LogP contribution in [0.15, 0.2) is 72.8 Å². The fraction of sp³-hybridized carbons (Fsp3) is 0.269. The minimum Gasteiger partial charge on any atom is -0.349 e. The highest BCUT2D eigenvalue weighted by molar-refractivity contribution is 7.80. The molecule has 0 amide bonds. The molecule has 4 rings (SSSR count). The standard InChI is InChI=1S/C26H29N3S/c1-19-16-17-20(2)29(19)18-10-9-15-23(30)26-27-24(21-11-5-3-6-12-21)25(28-26)22-13-7-4-8-14-22/h3-8,11-14,16-17,23,30H,9-10,15,18H2,1-2H3,(H,27,28). The first-order valence-electron chi connectivity index (χ1n) is 10.6. The fourth-order valence-corrected chi connectivity index (χ4v) is 4.27. The average molecular weight is 416 g/mol. The lowest BCUT2D eigenvalue weighted by Gasteiger charge is -2.11. The molecule has 2 aromatic heterocycles. The van der Waals surface area contributed by atoms with Crippen molar-refractivity contribution in [2.45, 2.75) is 44.9 Å². The Morgan fingerprint density at radius 3 is 2.07 bits per heavy atom. The smallest absolute Gasteiger partial charge is 0.120 e. The van der Waals surface area contributed by atoms with Crippen molar-refractivity contribution in [2.24, 2.45) is 0 Å². The van der Waals surface area contributed by atoms with Gasteiger partial charge in [-0.3, -0.25) is 0 Å². The summed E-state index contributed by atoms with van der Waals surface area (Å²) >= 11 is 4.89. The maximum atomic E-state index is 4.98. The minimum absolute atomic E-state index is 0.0942. The molecule has 4 aromatic rings. The van der Waals surface area contributed by atoms with Gasteiger partial charge in [-0.05, 0) is 38.8 Å². The number of rotatable bonds is 8. The number of nitrogens with one attached hydrogen (secondary N) is 1. The van der Waals surface area contributed by atoms with Crippen LogP contribution in [0, 0.1) is 13.8 Å². The van der Waals surface area contributed by atoms with Crippen molar-refractivity contribution in [2.75, 3.05) is 0 Å². The molecule has 0 radical (unpaired) electrons. The number of nitrogens with zero attached hydrogens (tertiary/aromatic N) is 2. The van der Waals surface area contributed by atoms with Gasteiger partial charge in [0.2, 0.25) is 0 Å². The summed E-state index contributed by atoms with van der Waals surface area (Å²) in [6.07, 6.45) is 3.26. The number of benzene rings is 2. The molecule has 0 saturated heterocycles. The van der Waals surface area contributed by atoms with Crippen molar-refractivity contribution in [3.8, 4) is 22.5 Å². The van der Waals surface area contributed by atoms with E-state index in [2.05, 4.69) is 84.1 Å². The number of thiol groups is 1. The third kappa shape index (κ3) is 4.54. The van der Waals surface area contributed by atoms with Crippen molar-refractivity contribution in [3.05, 3.63) is 90.0 Å². The number of H-pyrrole nitrogens is 1. The van der Waals surface area contributed by atoms with Crippen LogP contribution in [0.3, 0.4) is 0 Å². The largest absolute Gasteiger partial charge is 0.349 e. The number of imidazole rings is 1. The van der Waals surface area contributed by atoms with E-state index in [-0.39, 0.29) is 5.25 Å². The van der Waals surface area contributed by atoms with Crippen LogP contribution < -0.4 is 0 Å². The normalized spacial score (nSPS) is 12.2. The molecule has 0 fully saturated rings. The van der Waals surface area contributed by atoms with Crippen molar-refractivity contribution in [1.82, 2.24) is 14.5 Å². The van der Waals surface area contributed by atoms with E-state index in [9.17, 15) is 0 Å². The average Bonchev–Trinajstić information content (AvgIpc) is 3.37. The summed E-state index contributed by atoms with van der Waals surface area (Å²) in [6.45, 7) is 5.41. The molecule has 154 valence electrons. The molecule has 2 aromatic carbocycles. The topological polar surface area (TPSA) is 33.6 Å². The second-order valence-corrected chi connectivity index (χ2v) is 8.48. The van der Waals surface area contributed by atoms with Gasteiger partial charge in [0, 0.05) is 29.1 Å². The first-order valence-corrected chi connectivity index (χ1v) is 11.2. The molecule has 1 N–H and O–H groups in total. The first-order chi connectivity index (χ1) is 14.6. The van der Waals surface area contributed by atoms with Gasteiger partial charge in [0.25, 0.3) is 0 Å². The summed E-state index contributed by atoms with van der Waals surface area (Å²) in [5.74, 6) is 0.948. The van der Waals surface area contributed by atoms with Crippen LogP contribution in [-0.4, -0.2) is 14.5 Å². The Balaban J connectivity index is 1.49. The molecular formula is C26H29N3S. The van der Waals surface area contributed by atoms with Gasteiger partial charge in [-0.15, -0.1) is 0 Å². The number of aromatic amines is 1. The van der Waals surface area contributed by atoms with Crippen LogP contribution in [0.2, 0.25) is 0 Å². The zero-order chi connectivity index (χ0) is 20.9. The summed E-state index contributed by atoms with van der Waals surface area (Å²) in [6, 6.07) is 25.2. The zero-order valence-electron chi connectivity index (χ0n) is 17.7. The Hall–Kier alpha value is -2.72. The Bertz CT molecular complexity index is 1000. The van der Waals surface area contributed by atoms with Gasteiger partial charge in [0.15, 0.2) is 0 Å². The van der Waals surface area contributed by atoms with Crippen molar-refractivity contribution in [3.63, 3.8) is 0 Å². The van der Waals surface area contributed by atoms with Crippen LogP contribution in [-0.2, 0) is 6.54 Å². The molecule has 2 heterocycles. The predicted octanol–water partition coefficient (Wildman–Crippen LogP) is 7.00. The molecule has 0 aliphatic carbocycles. The van der Waals surface area contributed by atoms with E-state index in [0.29, 0.717) is 0 Å². The first kappa shape index (κ1) is 20.5. The summed E-state index contributed by atoms with van der Waals surface area (Å²) in [5.41, 5.74) is 7.00. The molecule has 0 aliphatic heterocycles. The number of aromatic nitrogens is 3. The van der Waals surface area contributed by atoms with Crippen molar-refractivity contribution in [1.29, 1.82) is 0 Å². The third-order valence-electron chi connectivity index (χ3n) is 5.67. The second kappa shape index (κ2) is 9.40. The second-order valence-electron chi connectivity index (χ2n) is 7.86. The molecule has 0 bridgehead atoms. The van der Waals surface area contributed by atoms with Crippen LogP contribution >= 0.6 is 12.6 Å². The minimum atomic E-state index is 0.0942. The number of hydrogen-bond acceptors (Lipinski definition) is 2. The molecular weight excluding hydrogens is 386 g/mol. The summed E-state index contributed by atoms with van der Waals surface area (Å²) < 4.78 is 2.39. The fourth-order valence-electron chi connectivity index (χ4n) is 3.96. The van der Waals surface area contributed by atoms with Gasteiger partial charge in [-0.1, -0.05) is 67.1 Å². The molecule has 1 atom stereocenters. The quantitative estimate of drug-likeness (QED) is 0.236. The SMILES string of the molecule is Cc1ccc(C)n1CCCCC(S)c1nc(-c2ccccc2)c(-c2ccccc2)[nH]1. The van der Waals surface area contributed by atoms with Gasteiger partial charge < -0.3 is 9.55 Å². The van der Waals surface area contributed by atoms with E-state index in [1.54, 1.807) is 0 Å². The van der Waals surface area contributed by atoms with Crippen LogP contribution in [0.25, 0.3) is 22.5 Å². The monoisotopic (exact) mass is 415 g/mol. The van der Waals surface area contributed by atoms with E-state index in [1.165, 1.54) is 11.4 Å². The molecule has 0 saturated carbocycles.